The zero-order valence-electron chi connectivity index (χ0n) is 6.85. The SMILES string of the molecule is ClCc1cc(Cl)cc2c1OCCO2. The molecule has 2 nitrogen and oxygen atoms in total. The molecule has 0 fully saturated rings. The first-order valence-corrected chi connectivity index (χ1v) is 4.86. The zero-order chi connectivity index (χ0) is 9.26. The Labute approximate surface area is 86.4 Å². The van der Waals surface area contributed by atoms with Gasteiger partial charge in [0.15, 0.2) is 11.5 Å². The minimum Gasteiger partial charge on any atom is -0.486 e. The second kappa shape index (κ2) is 3.64. The lowest BCUT2D eigenvalue weighted by Gasteiger charge is -2.20. The second-order valence-electron chi connectivity index (χ2n) is 2.72. The van der Waals surface area contributed by atoms with Gasteiger partial charge in [-0.2, -0.15) is 0 Å². The molecule has 1 aromatic rings. The molecule has 0 aliphatic carbocycles. The minimum atomic E-state index is 0.381. The largest absolute Gasteiger partial charge is 0.486 e. The van der Waals surface area contributed by atoms with Gasteiger partial charge in [0.25, 0.3) is 0 Å². The quantitative estimate of drug-likeness (QED) is 0.676. The summed E-state index contributed by atoms with van der Waals surface area (Å²) in [6, 6.07) is 3.54. The Morgan fingerprint density at radius 1 is 1.23 bits per heavy atom. The van der Waals surface area contributed by atoms with Gasteiger partial charge in [-0.15, -0.1) is 11.6 Å². The number of hydrogen-bond acceptors (Lipinski definition) is 2. The van der Waals surface area contributed by atoms with Gasteiger partial charge in [-0.3, -0.25) is 0 Å². The van der Waals surface area contributed by atoms with Gasteiger partial charge in [-0.25, -0.2) is 0 Å². The molecule has 0 unspecified atom stereocenters. The standard InChI is InChI=1S/C9H8Cl2O2/c10-5-6-3-7(11)4-8-9(6)13-2-1-12-8/h3-4H,1-2,5H2. The van der Waals surface area contributed by atoms with Crippen LogP contribution in [0.15, 0.2) is 12.1 Å². The smallest absolute Gasteiger partial charge is 0.165 e. The summed E-state index contributed by atoms with van der Waals surface area (Å²) < 4.78 is 10.8. The number of benzene rings is 1. The summed E-state index contributed by atoms with van der Waals surface area (Å²) in [5, 5.41) is 0.625. The van der Waals surface area contributed by atoms with Gasteiger partial charge in [0.2, 0.25) is 0 Å². The van der Waals surface area contributed by atoms with Crippen LogP contribution < -0.4 is 9.47 Å². The maximum Gasteiger partial charge on any atom is 0.165 e. The average molecular weight is 219 g/mol. The molecule has 1 aliphatic heterocycles. The Kier molecular flexibility index (Phi) is 2.51. The molecule has 0 aromatic heterocycles. The van der Waals surface area contributed by atoms with Crippen molar-refractivity contribution in [3.05, 3.63) is 22.7 Å². The molecule has 0 saturated heterocycles. The summed E-state index contributed by atoms with van der Waals surface area (Å²) in [7, 11) is 0. The lowest BCUT2D eigenvalue weighted by molar-refractivity contribution is 0.170. The highest BCUT2D eigenvalue weighted by molar-refractivity contribution is 6.31. The number of rotatable bonds is 1. The molecule has 13 heavy (non-hydrogen) atoms. The van der Waals surface area contributed by atoms with E-state index in [1.54, 1.807) is 12.1 Å². The Morgan fingerprint density at radius 2 is 2.00 bits per heavy atom. The average Bonchev–Trinajstić information content (AvgIpc) is 2.16. The van der Waals surface area contributed by atoms with Crippen molar-refractivity contribution < 1.29 is 9.47 Å². The van der Waals surface area contributed by atoms with E-state index >= 15 is 0 Å². The van der Waals surface area contributed by atoms with Crippen LogP contribution in [0.1, 0.15) is 5.56 Å². The van der Waals surface area contributed by atoms with Crippen LogP contribution in [0.4, 0.5) is 0 Å². The molecule has 1 aliphatic rings. The van der Waals surface area contributed by atoms with Gasteiger partial charge < -0.3 is 9.47 Å². The molecule has 0 bridgehead atoms. The van der Waals surface area contributed by atoms with Gasteiger partial charge in [-0.1, -0.05) is 11.6 Å². The fraction of sp³-hybridized carbons (Fsp3) is 0.333. The van der Waals surface area contributed by atoms with Gasteiger partial charge in [-0.05, 0) is 6.07 Å². The highest BCUT2D eigenvalue weighted by Gasteiger charge is 2.16. The van der Waals surface area contributed by atoms with E-state index in [2.05, 4.69) is 0 Å². The Bertz CT molecular complexity index is 308. The predicted octanol–water partition coefficient (Wildman–Crippen LogP) is 2.85. The predicted molar refractivity (Wildman–Crippen MR) is 52.0 cm³/mol. The van der Waals surface area contributed by atoms with Crippen LogP contribution in [-0.4, -0.2) is 13.2 Å². The lowest BCUT2D eigenvalue weighted by Crippen LogP contribution is -2.16. The van der Waals surface area contributed by atoms with E-state index in [1.165, 1.54) is 0 Å². The first kappa shape index (κ1) is 8.97. The minimum absolute atomic E-state index is 0.381. The van der Waals surface area contributed by atoms with E-state index in [0.29, 0.717) is 29.9 Å². The van der Waals surface area contributed by atoms with Crippen LogP contribution in [0, 0.1) is 0 Å². The van der Waals surface area contributed by atoms with Crippen molar-refractivity contribution in [2.24, 2.45) is 0 Å². The van der Waals surface area contributed by atoms with Crippen molar-refractivity contribution in [3.8, 4) is 11.5 Å². The van der Waals surface area contributed by atoms with E-state index in [-0.39, 0.29) is 0 Å². The van der Waals surface area contributed by atoms with Crippen LogP contribution in [0.2, 0.25) is 5.02 Å². The van der Waals surface area contributed by atoms with Gasteiger partial charge >= 0.3 is 0 Å². The summed E-state index contributed by atoms with van der Waals surface area (Å²) in [5.41, 5.74) is 0.879. The first-order valence-electron chi connectivity index (χ1n) is 3.95. The van der Waals surface area contributed by atoms with E-state index in [1.807, 2.05) is 0 Å². The van der Waals surface area contributed by atoms with Crippen LogP contribution in [0.5, 0.6) is 11.5 Å². The van der Waals surface area contributed by atoms with Crippen molar-refractivity contribution in [2.75, 3.05) is 13.2 Å². The summed E-state index contributed by atoms with van der Waals surface area (Å²) in [5.74, 6) is 1.80. The number of alkyl halides is 1. The molecule has 0 amide bonds. The van der Waals surface area contributed by atoms with Gasteiger partial charge in [0.05, 0.1) is 5.88 Å². The Balaban J connectivity index is 2.50. The summed E-state index contributed by atoms with van der Waals surface area (Å²) in [4.78, 5) is 0. The molecular formula is C9H8Cl2O2. The third-order valence-corrected chi connectivity index (χ3v) is 2.33. The second-order valence-corrected chi connectivity index (χ2v) is 3.43. The van der Waals surface area contributed by atoms with Crippen LogP contribution >= 0.6 is 23.2 Å². The number of hydrogen-bond donors (Lipinski definition) is 0. The molecule has 1 heterocycles. The van der Waals surface area contributed by atoms with Crippen LogP contribution in [0.25, 0.3) is 0 Å². The van der Waals surface area contributed by atoms with E-state index in [9.17, 15) is 0 Å². The molecule has 1 aromatic carbocycles. The molecule has 0 spiro atoms. The maximum atomic E-state index is 5.87. The van der Waals surface area contributed by atoms with E-state index in [4.69, 9.17) is 32.7 Å². The molecule has 0 saturated carbocycles. The lowest BCUT2D eigenvalue weighted by atomic mass is 10.2. The van der Waals surface area contributed by atoms with E-state index < -0.39 is 0 Å². The maximum absolute atomic E-state index is 5.87. The monoisotopic (exact) mass is 218 g/mol. The molecule has 0 radical (unpaired) electrons. The van der Waals surface area contributed by atoms with E-state index in [0.717, 1.165) is 11.3 Å². The fourth-order valence-corrected chi connectivity index (χ4v) is 1.72. The zero-order valence-corrected chi connectivity index (χ0v) is 8.36. The van der Waals surface area contributed by atoms with Crippen LogP contribution in [0.3, 0.4) is 0 Å². The van der Waals surface area contributed by atoms with Crippen molar-refractivity contribution in [2.45, 2.75) is 5.88 Å². The van der Waals surface area contributed by atoms with Crippen LogP contribution in [-0.2, 0) is 5.88 Å². The van der Waals surface area contributed by atoms with Crippen molar-refractivity contribution in [3.63, 3.8) is 0 Å². The molecule has 4 heteroatoms. The van der Waals surface area contributed by atoms with Gasteiger partial charge in [0, 0.05) is 16.7 Å². The Hall–Kier alpha value is -0.600. The fourth-order valence-electron chi connectivity index (χ4n) is 1.29. The third kappa shape index (κ3) is 1.69. The van der Waals surface area contributed by atoms with Crippen molar-refractivity contribution in [1.29, 1.82) is 0 Å². The molecule has 0 N–H and O–H groups in total. The normalized spacial score (nSPS) is 14.3. The van der Waals surface area contributed by atoms with Crippen molar-refractivity contribution in [1.82, 2.24) is 0 Å². The first-order chi connectivity index (χ1) is 6.31. The van der Waals surface area contributed by atoms with Gasteiger partial charge in [0.1, 0.15) is 13.2 Å². The summed E-state index contributed by atoms with van der Waals surface area (Å²) in [6.45, 7) is 1.13. The molecule has 70 valence electrons. The highest BCUT2D eigenvalue weighted by atomic mass is 35.5. The third-order valence-electron chi connectivity index (χ3n) is 1.83. The number of ether oxygens (including phenoxy) is 2. The topological polar surface area (TPSA) is 18.5 Å². The summed E-state index contributed by atoms with van der Waals surface area (Å²) in [6.07, 6.45) is 0. The Morgan fingerprint density at radius 3 is 2.77 bits per heavy atom. The number of halogens is 2. The molecule has 2 rings (SSSR count). The van der Waals surface area contributed by atoms with Crippen molar-refractivity contribution >= 4 is 23.2 Å². The molecular weight excluding hydrogens is 211 g/mol. The number of fused-ring (bicyclic) bond motifs is 1. The summed E-state index contributed by atoms with van der Waals surface area (Å²) >= 11 is 11.6. The highest BCUT2D eigenvalue weighted by Crippen LogP contribution is 2.37. The molecule has 0 atom stereocenters.